The zero-order valence-electron chi connectivity index (χ0n) is 24.5. The number of carbonyl (C=O) groups is 1. The number of imidazole rings is 1. The van der Waals surface area contributed by atoms with Crippen LogP contribution in [0.4, 0.5) is 19.0 Å². The van der Waals surface area contributed by atoms with Crippen molar-refractivity contribution in [2.24, 2.45) is 10.9 Å². The first-order valence-corrected chi connectivity index (χ1v) is 14.1. The van der Waals surface area contributed by atoms with Crippen molar-refractivity contribution in [3.8, 4) is 28.4 Å². The number of benzene rings is 2. The van der Waals surface area contributed by atoms with Gasteiger partial charge in [-0.2, -0.15) is 0 Å². The molecule has 2 aromatic carbocycles. The molecule has 2 aliphatic rings. The van der Waals surface area contributed by atoms with E-state index in [0.717, 1.165) is 11.6 Å². The topological polar surface area (TPSA) is 75.8 Å². The van der Waals surface area contributed by atoms with Crippen LogP contribution in [0.2, 0.25) is 0 Å². The normalized spacial score (nSPS) is 17.8. The lowest BCUT2D eigenvalue weighted by Gasteiger charge is -2.34. The summed E-state index contributed by atoms with van der Waals surface area (Å²) in [6, 6.07) is 12.1. The second kappa shape index (κ2) is 10.6. The maximum atomic E-state index is 15.5. The van der Waals surface area contributed by atoms with E-state index >= 15 is 4.39 Å². The monoisotopic (exact) mass is 588 g/mol. The van der Waals surface area contributed by atoms with Gasteiger partial charge in [0.25, 0.3) is 5.91 Å². The van der Waals surface area contributed by atoms with Crippen molar-refractivity contribution in [1.29, 1.82) is 0 Å². The van der Waals surface area contributed by atoms with E-state index in [1.165, 1.54) is 25.3 Å². The van der Waals surface area contributed by atoms with Gasteiger partial charge in [0.2, 0.25) is 5.96 Å². The summed E-state index contributed by atoms with van der Waals surface area (Å²) in [5, 5.41) is 0. The summed E-state index contributed by atoms with van der Waals surface area (Å²) in [4.78, 5) is 31.8. The first-order chi connectivity index (χ1) is 20.6. The fourth-order valence-electron chi connectivity index (χ4n) is 5.51. The van der Waals surface area contributed by atoms with Gasteiger partial charge in [-0.3, -0.25) is 19.6 Å². The second-order valence-corrected chi connectivity index (χ2v) is 11.2. The summed E-state index contributed by atoms with van der Waals surface area (Å²) in [5.41, 5.74) is 1.82. The van der Waals surface area contributed by atoms with Crippen LogP contribution >= 0.6 is 0 Å². The Kier molecular flexibility index (Phi) is 6.98. The molecule has 0 radical (unpaired) electrons. The molecule has 0 saturated heterocycles. The maximum absolute atomic E-state index is 15.5. The number of halogens is 3. The molecule has 1 atom stereocenters. The lowest BCUT2D eigenvalue weighted by Crippen LogP contribution is -2.51. The highest BCUT2D eigenvalue weighted by molar-refractivity contribution is 6.18. The summed E-state index contributed by atoms with van der Waals surface area (Å²) < 4.78 is 50.0. The van der Waals surface area contributed by atoms with Gasteiger partial charge in [0.15, 0.2) is 23.1 Å². The van der Waals surface area contributed by atoms with E-state index in [-0.39, 0.29) is 35.4 Å². The van der Waals surface area contributed by atoms with Gasteiger partial charge < -0.3 is 9.30 Å². The van der Waals surface area contributed by atoms with E-state index in [1.54, 1.807) is 39.9 Å². The van der Waals surface area contributed by atoms with Gasteiger partial charge in [-0.15, -0.1) is 0 Å². The van der Waals surface area contributed by atoms with Crippen molar-refractivity contribution in [2.45, 2.75) is 39.8 Å². The third-order valence-electron chi connectivity index (χ3n) is 8.34. The Bertz CT molecular complexity index is 1750. The number of methoxy groups -OCH3 is 1. The van der Waals surface area contributed by atoms with Crippen LogP contribution in [0.3, 0.4) is 0 Å². The average molecular weight is 589 g/mol. The molecule has 43 heavy (non-hydrogen) atoms. The molecule has 6 rings (SSSR count). The minimum absolute atomic E-state index is 0.0680. The minimum Gasteiger partial charge on any atom is -0.491 e. The van der Waals surface area contributed by atoms with Crippen molar-refractivity contribution in [2.75, 3.05) is 25.1 Å². The number of amides is 1. The number of anilines is 1. The van der Waals surface area contributed by atoms with E-state index in [4.69, 9.17) is 14.7 Å². The number of carbonyl (C=O) groups excluding carboxylic acids is 1. The van der Waals surface area contributed by atoms with E-state index in [9.17, 15) is 13.6 Å². The molecule has 8 nitrogen and oxygen atoms in total. The molecule has 11 heteroatoms. The molecule has 1 amide bonds. The molecule has 222 valence electrons. The van der Waals surface area contributed by atoms with Crippen molar-refractivity contribution in [1.82, 2.24) is 19.4 Å². The fraction of sp³-hybridized carbons (Fsp3) is 0.312. The third-order valence-corrected chi connectivity index (χ3v) is 8.34. The number of rotatable bonds is 7. The molecule has 2 aromatic heterocycles. The number of hydrogen-bond donors (Lipinski definition) is 0. The largest absolute Gasteiger partial charge is 0.491 e. The molecule has 0 bridgehead atoms. The Morgan fingerprint density at radius 2 is 1.74 bits per heavy atom. The zero-order chi connectivity index (χ0) is 30.6. The van der Waals surface area contributed by atoms with Crippen molar-refractivity contribution in [3.05, 3.63) is 83.4 Å². The Morgan fingerprint density at radius 3 is 2.37 bits per heavy atom. The third kappa shape index (κ3) is 4.63. The number of ether oxygens (including phenoxy) is 1. The maximum Gasteiger partial charge on any atom is 0.283 e. The van der Waals surface area contributed by atoms with E-state index in [0.29, 0.717) is 41.9 Å². The van der Waals surface area contributed by atoms with Crippen molar-refractivity contribution < 1.29 is 22.7 Å². The number of aliphatic imine (C=N–C) groups is 1. The standard InChI is InChI=1S/C32H31F3N6O2/c1-6-39-30(42)26-29(41-17-32(4,18(2)3)38-31(39)41)40(16-21-9-13-23(34)27(43-5)25(21)35)28(37-26)20-10-14-24(36-15-20)19-7-11-22(33)12-8-19/h7-15,18H,6,16-17H2,1-5H3/t32-/m0/s1. The molecule has 0 fully saturated rings. The molecule has 0 spiro atoms. The van der Waals surface area contributed by atoms with Gasteiger partial charge in [0.05, 0.1) is 31.4 Å². The molecular formula is C32H31F3N6O2. The molecule has 2 aliphatic heterocycles. The van der Waals surface area contributed by atoms with Crippen molar-refractivity contribution >= 4 is 17.7 Å². The zero-order valence-corrected chi connectivity index (χ0v) is 24.5. The molecule has 0 unspecified atom stereocenters. The fourth-order valence-corrected chi connectivity index (χ4v) is 5.51. The molecule has 4 aromatic rings. The number of fused-ring (bicyclic) bond motifs is 3. The summed E-state index contributed by atoms with van der Waals surface area (Å²) in [6.07, 6.45) is 1.61. The van der Waals surface area contributed by atoms with Crippen LogP contribution < -0.4 is 9.64 Å². The summed E-state index contributed by atoms with van der Waals surface area (Å²) in [7, 11) is 1.21. The van der Waals surface area contributed by atoms with E-state index < -0.39 is 22.9 Å². The van der Waals surface area contributed by atoms with Crippen molar-refractivity contribution in [3.63, 3.8) is 0 Å². The second-order valence-electron chi connectivity index (χ2n) is 11.2. The van der Waals surface area contributed by atoms with Crippen LogP contribution in [0, 0.1) is 23.4 Å². The van der Waals surface area contributed by atoms with Gasteiger partial charge in [0, 0.05) is 29.4 Å². The summed E-state index contributed by atoms with van der Waals surface area (Å²) in [5.74, 6) is -1.23. The van der Waals surface area contributed by atoms with E-state index in [1.807, 2.05) is 18.7 Å². The smallest absolute Gasteiger partial charge is 0.283 e. The number of hydrogen-bond acceptors (Lipinski definition) is 6. The Hall–Kier alpha value is -4.67. The highest BCUT2D eigenvalue weighted by Gasteiger charge is 2.48. The Balaban J connectivity index is 1.53. The van der Waals surface area contributed by atoms with Crippen LogP contribution in [0.5, 0.6) is 5.75 Å². The van der Waals surface area contributed by atoms with Gasteiger partial charge in [0.1, 0.15) is 17.5 Å². The molecule has 0 aliphatic carbocycles. The number of guanidine groups is 1. The van der Waals surface area contributed by atoms with Crippen LogP contribution in [0.25, 0.3) is 22.6 Å². The first-order valence-electron chi connectivity index (χ1n) is 14.1. The Labute approximate surface area is 247 Å². The average Bonchev–Trinajstić information content (AvgIpc) is 3.54. The first kappa shape index (κ1) is 28.4. The number of nitrogens with zero attached hydrogens (tertiary/aromatic N) is 6. The molecule has 0 N–H and O–H groups in total. The van der Waals surface area contributed by atoms with Crippen LogP contribution in [0.15, 0.2) is 59.7 Å². The van der Waals surface area contributed by atoms with Gasteiger partial charge in [-0.05, 0) is 62.2 Å². The highest BCUT2D eigenvalue weighted by atomic mass is 19.1. The SMILES string of the molecule is CCN1C(=O)c2nc(-c3ccc(-c4ccc(F)cc4)nc3)n(Cc3ccc(F)c(OC)c3F)c2N2C[C@@](C)(C(C)C)N=C12. The predicted octanol–water partition coefficient (Wildman–Crippen LogP) is 6.15. The molecular weight excluding hydrogens is 557 g/mol. The minimum atomic E-state index is -0.833. The predicted molar refractivity (Wildman–Crippen MR) is 158 cm³/mol. The summed E-state index contributed by atoms with van der Waals surface area (Å²) >= 11 is 0. The summed E-state index contributed by atoms with van der Waals surface area (Å²) in [6.45, 7) is 8.90. The van der Waals surface area contributed by atoms with Crippen LogP contribution in [0.1, 0.15) is 43.7 Å². The lowest BCUT2D eigenvalue weighted by molar-refractivity contribution is 0.0841. The van der Waals surface area contributed by atoms with Crippen LogP contribution in [-0.2, 0) is 6.54 Å². The number of aromatic nitrogens is 3. The van der Waals surface area contributed by atoms with E-state index in [2.05, 4.69) is 18.8 Å². The molecule has 4 heterocycles. The Morgan fingerprint density at radius 1 is 1.02 bits per heavy atom. The van der Waals surface area contributed by atoms with Gasteiger partial charge in [-0.1, -0.05) is 19.9 Å². The van der Waals surface area contributed by atoms with Gasteiger partial charge in [-0.25, -0.2) is 23.1 Å². The van der Waals surface area contributed by atoms with Gasteiger partial charge >= 0.3 is 0 Å². The number of pyridine rings is 1. The highest BCUT2D eigenvalue weighted by Crippen LogP contribution is 2.41. The lowest BCUT2D eigenvalue weighted by atomic mass is 9.90. The van der Waals surface area contributed by atoms with Crippen LogP contribution in [-0.4, -0.2) is 57.0 Å². The quantitative estimate of drug-likeness (QED) is 0.259. The molecule has 0 saturated carbocycles.